The van der Waals surface area contributed by atoms with Crippen molar-refractivity contribution in [3.8, 4) is 6.07 Å². The number of nitrogens with zero attached hydrogens (tertiary/aromatic N) is 3. The lowest BCUT2D eigenvalue weighted by atomic mass is 9.88. The molecule has 37 heavy (non-hydrogen) atoms. The summed E-state index contributed by atoms with van der Waals surface area (Å²) in [6, 6.07) is 43.2. The summed E-state index contributed by atoms with van der Waals surface area (Å²) in [5, 5.41) is 10.1. The smallest absolute Gasteiger partial charge is 0.224 e. The second-order valence-electron chi connectivity index (χ2n) is 9.53. The molecule has 0 aliphatic carbocycles. The highest BCUT2D eigenvalue weighted by Crippen LogP contribution is 2.32. The van der Waals surface area contributed by atoms with Gasteiger partial charge >= 0.3 is 0 Å². The zero-order chi connectivity index (χ0) is 25.5. The van der Waals surface area contributed by atoms with Crippen LogP contribution in [0.5, 0.6) is 0 Å². The number of carbonyl (C=O) groups is 1. The largest absolute Gasteiger partial charge is 0.324 e. The Kier molecular flexibility index (Phi) is 7.74. The van der Waals surface area contributed by atoms with Crippen molar-refractivity contribution in [3.63, 3.8) is 0 Å². The van der Waals surface area contributed by atoms with E-state index in [1.54, 1.807) is 4.90 Å². The van der Waals surface area contributed by atoms with E-state index in [-0.39, 0.29) is 17.9 Å². The summed E-state index contributed by atoms with van der Waals surface area (Å²) in [5.74, 6) is -0.0199. The lowest BCUT2D eigenvalue weighted by Crippen LogP contribution is -2.55. The second kappa shape index (κ2) is 11.7. The number of rotatable bonds is 7. The predicted octanol–water partition coefficient (Wildman–Crippen LogP) is 6.03. The molecule has 1 fully saturated rings. The van der Waals surface area contributed by atoms with Gasteiger partial charge in [0.2, 0.25) is 5.91 Å². The van der Waals surface area contributed by atoms with E-state index < -0.39 is 6.04 Å². The van der Waals surface area contributed by atoms with E-state index in [9.17, 15) is 10.1 Å². The molecule has 1 atom stereocenters. The zero-order valence-corrected chi connectivity index (χ0v) is 20.9. The van der Waals surface area contributed by atoms with E-state index in [1.807, 2.05) is 48.5 Å². The molecule has 0 spiro atoms. The second-order valence-corrected chi connectivity index (χ2v) is 9.53. The van der Waals surface area contributed by atoms with Crippen molar-refractivity contribution in [2.45, 2.75) is 24.4 Å². The van der Waals surface area contributed by atoms with Gasteiger partial charge in [0.05, 0.1) is 12.1 Å². The van der Waals surface area contributed by atoms with Crippen LogP contribution in [0.2, 0.25) is 0 Å². The number of hydrogen-bond donors (Lipinski definition) is 0. The van der Waals surface area contributed by atoms with E-state index in [1.165, 1.54) is 11.1 Å². The van der Waals surface area contributed by atoms with Gasteiger partial charge in [0.15, 0.2) is 0 Å². The maximum atomic E-state index is 13.7. The summed E-state index contributed by atoms with van der Waals surface area (Å²) in [6.45, 7) is 1.75. The van der Waals surface area contributed by atoms with Crippen LogP contribution in [0.4, 0.5) is 0 Å². The quantitative estimate of drug-likeness (QED) is 0.321. The van der Waals surface area contributed by atoms with Crippen LogP contribution in [-0.4, -0.2) is 41.4 Å². The number of carbonyl (C=O) groups excluding carboxylic acids is 1. The third-order valence-corrected chi connectivity index (χ3v) is 7.26. The fourth-order valence-electron chi connectivity index (χ4n) is 5.42. The molecule has 4 nitrogen and oxygen atoms in total. The van der Waals surface area contributed by atoms with Crippen molar-refractivity contribution < 1.29 is 4.79 Å². The molecule has 1 unspecified atom stereocenters. The maximum Gasteiger partial charge on any atom is 0.224 e. The molecular formula is C33H31N3O. The van der Waals surface area contributed by atoms with Gasteiger partial charge in [-0.2, -0.15) is 5.26 Å². The zero-order valence-electron chi connectivity index (χ0n) is 20.9. The molecule has 0 radical (unpaired) electrons. The molecule has 0 bridgehead atoms. The molecule has 1 amide bonds. The van der Waals surface area contributed by atoms with Gasteiger partial charge in [0.25, 0.3) is 0 Å². The summed E-state index contributed by atoms with van der Waals surface area (Å²) in [5.41, 5.74) is 4.61. The van der Waals surface area contributed by atoms with Crippen molar-refractivity contribution >= 4 is 5.91 Å². The summed E-state index contributed by atoms with van der Waals surface area (Å²) in [4.78, 5) is 17.8. The SMILES string of the molecule is N#CC1CN(C(c2ccccc2)c2ccccc2)CCN1C(=O)CC(c1ccccc1)c1ccccc1. The van der Waals surface area contributed by atoms with Gasteiger partial charge in [0.1, 0.15) is 6.04 Å². The van der Waals surface area contributed by atoms with Gasteiger partial charge in [-0.25, -0.2) is 0 Å². The van der Waals surface area contributed by atoms with Crippen LogP contribution in [0.1, 0.15) is 40.6 Å². The first kappa shape index (κ1) is 24.5. The monoisotopic (exact) mass is 485 g/mol. The highest BCUT2D eigenvalue weighted by molar-refractivity contribution is 5.78. The molecule has 5 rings (SSSR count). The van der Waals surface area contributed by atoms with E-state index >= 15 is 0 Å². The van der Waals surface area contributed by atoms with Crippen molar-refractivity contribution in [2.75, 3.05) is 19.6 Å². The normalized spacial score (nSPS) is 16.0. The van der Waals surface area contributed by atoms with Crippen molar-refractivity contribution in [1.29, 1.82) is 5.26 Å². The first-order chi connectivity index (χ1) is 18.2. The minimum Gasteiger partial charge on any atom is -0.324 e. The number of amides is 1. The van der Waals surface area contributed by atoms with Crippen LogP contribution in [0.3, 0.4) is 0 Å². The molecule has 1 heterocycles. The van der Waals surface area contributed by atoms with Gasteiger partial charge < -0.3 is 4.90 Å². The van der Waals surface area contributed by atoms with Crippen molar-refractivity contribution in [1.82, 2.24) is 9.80 Å². The summed E-state index contributed by atoms with van der Waals surface area (Å²) < 4.78 is 0. The van der Waals surface area contributed by atoms with Gasteiger partial charge in [0, 0.05) is 32.0 Å². The number of piperazine rings is 1. The molecule has 1 aliphatic heterocycles. The molecule has 4 aromatic rings. The van der Waals surface area contributed by atoms with Crippen LogP contribution >= 0.6 is 0 Å². The van der Waals surface area contributed by atoms with Gasteiger partial charge in [-0.05, 0) is 22.3 Å². The van der Waals surface area contributed by atoms with E-state index in [4.69, 9.17) is 0 Å². The summed E-state index contributed by atoms with van der Waals surface area (Å²) >= 11 is 0. The predicted molar refractivity (Wildman–Crippen MR) is 147 cm³/mol. The Labute approximate surface area is 219 Å². The number of nitriles is 1. The molecule has 4 aromatic carbocycles. The van der Waals surface area contributed by atoms with Crippen LogP contribution < -0.4 is 0 Å². The minimum absolute atomic E-state index is 0.0277. The minimum atomic E-state index is -0.497. The average molecular weight is 486 g/mol. The fourth-order valence-corrected chi connectivity index (χ4v) is 5.42. The van der Waals surface area contributed by atoms with Gasteiger partial charge in [-0.15, -0.1) is 0 Å². The van der Waals surface area contributed by atoms with Crippen molar-refractivity contribution in [2.24, 2.45) is 0 Å². The molecule has 0 aromatic heterocycles. The van der Waals surface area contributed by atoms with E-state index in [0.29, 0.717) is 26.1 Å². The van der Waals surface area contributed by atoms with E-state index in [2.05, 4.69) is 83.8 Å². The Morgan fingerprint density at radius 3 is 1.57 bits per heavy atom. The standard InChI is InChI=1S/C33H31N3O/c34-24-30-25-35(33(28-17-9-3-10-18-28)29-19-11-4-12-20-29)21-22-36(30)32(37)23-31(26-13-5-1-6-14-26)27-15-7-2-8-16-27/h1-20,30-31,33H,21-23,25H2. The third-order valence-electron chi connectivity index (χ3n) is 7.26. The molecule has 4 heteroatoms. The van der Waals surface area contributed by atoms with Crippen molar-refractivity contribution in [3.05, 3.63) is 144 Å². The molecule has 1 saturated heterocycles. The molecule has 0 saturated carbocycles. The van der Waals surface area contributed by atoms with Gasteiger partial charge in [-0.3, -0.25) is 9.69 Å². The van der Waals surface area contributed by atoms with Crippen LogP contribution in [0.25, 0.3) is 0 Å². The Balaban J connectivity index is 1.37. The molecule has 0 N–H and O–H groups in total. The summed E-state index contributed by atoms with van der Waals surface area (Å²) in [7, 11) is 0. The number of hydrogen-bond acceptors (Lipinski definition) is 3. The first-order valence-electron chi connectivity index (χ1n) is 12.9. The average Bonchev–Trinajstić information content (AvgIpc) is 2.98. The van der Waals surface area contributed by atoms with Crippen LogP contribution in [0.15, 0.2) is 121 Å². The topological polar surface area (TPSA) is 47.3 Å². The Bertz CT molecular complexity index is 1240. The van der Waals surface area contributed by atoms with Gasteiger partial charge in [-0.1, -0.05) is 121 Å². The third kappa shape index (κ3) is 5.63. The Morgan fingerprint density at radius 2 is 1.14 bits per heavy atom. The molecule has 184 valence electrons. The Hall–Kier alpha value is -4.20. The number of benzene rings is 4. The van der Waals surface area contributed by atoms with E-state index in [0.717, 1.165) is 11.1 Å². The fraction of sp³-hybridized carbons (Fsp3) is 0.212. The maximum absolute atomic E-state index is 13.7. The Morgan fingerprint density at radius 1 is 0.703 bits per heavy atom. The molecule has 1 aliphatic rings. The lowest BCUT2D eigenvalue weighted by Gasteiger charge is -2.42. The molecular weight excluding hydrogens is 454 g/mol. The van der Waals surface area contributed by atoms with Crippen LogP contribution in [-0.2, 0) is 4.79 Å². The lowest BCUT2D eigenvalue weighted by molar-refractivity contribution is -0.135. The summed E-state index contributed by atoms with van der Waals surface area (Å²) in [6.07, 6.45) is 0.340. The highest BCUT2D eigenvalue weighted by atomic mass is 16.2. The highest BCUT2D eigenvalue weighted by Gasteiger charge is 2.35. The first-order valence-corrected chi connectivity index (χ1v) is 12.9. The van der Waals surface area contributed by atoms with Crippen LogP contribution in [0, 0.1) is 11.3 Å².